The summed E-state index contributed by atoms with van der Waals surface area (Å²) in [4.78, 5) is 10.1. The first kappa shape index (κ1) is 18.8. The molecular weight excluding hydrogens is 330 g/mol. The highest BCUT2D eigenvalue weighted by atomic mass is 35.5. The molecule has 1 aliphatic rings. The number of nitrogens with zero attached hydrogens (tertiary/aromatic N) is 1. The number of sulfonamides is 1. The van der Waals surface area contributed by atoms with Crippen LogP contribution in [0.2, 0.25) is 0 Å². The van der Waals surface area contributed by atoms with Gasteiger partial charge in [-0.1, -0.05) is 6.07 Å². The van der Waals surface area contributed by atoms with Crippen molar-refractivity contribution in [3.8, 4) is 0 Å². The van der Waals surface area contributed by atoms with Crippen molar-refractivity contribution in [2.75, 3.05) is 6.54 Å². The van der Waals surface area contributed by atoms with Crippen molar-refractivity contribution >= 4 is 28.1 Å². The predicted molar refractivity (Wildman–Crippen MR) is 85.6 cm³/mol. The molecular formula is C13H20ClN3O4S. The van der Waals surface area contributed by atoms with Gasteiger partial charge in [-0.05, 0) is 38.2 Å². The van der Waals surface area contributed by atoms with Gasteiger partial charge in [-0.2, -0.15) is 0 Å². The minimum Gasteiger partial charge on any atom is -0.329 e. The number of hydrogen-bond acceptors (Lipinski definition) is 5. The van der Waals surface area contributed by atoms with Gasteiger partial charge in [0.15, 0.2) is 0 Å². The topological polar surface area (TPSA) is 115 Å². The highest BCUT2D eigenvalue weighted by Gasteiger charge is 2.43. The van der Waals surface area contributed by atoms with E-state index in [1.807, 2.05) is 0 Å². The summed E-state index contributed by atoms with van der Waals surface area (Å²) in [5.74, 6) is 0.219. The molecule has 1 saturated carbocycles. The van der Waals surface area contributed by atoms with E-state index in [2.05, 4.69) is 4.72 Å². The van der Waals surface area contributed by atoms with Crippen molar-refractivity contribution in [2.24, 2.45) is 11.7 Å². The Hall–Kier alpha value is -1.22. The Morgan fingerprint density at radius 1 is 1.45 bits per heavy atom. The molecule has 1 unspecified atom stereocenters. The molecule has 0 saturated heterocycles. The number of rotatable bonds is 6. The van der Waals surface area contributed by atoms with Gasteiger partial charge in [0, 0.05) is 24.2 Å². The first-order chi connectivity index (χ1) is 9.69. The van der Waals surface area contributed by atoms with Crippen molar-refractivity contribution < 1.29 is 13.3 Å². The average molecular weight is 350 g/mol. The summed E-state index contributed by atoms with van der Waals surface area (Å²) >= 11 is 0. The van der Waals surface area contributed by atoms with E-state index in [-0.39, 0.29) is 35.5 Å². The Labute approximate surface area is 135 Å². The summed E-state index contributed by atoms with van der Waals surface area (Å²) in [5, 5.41) is 10.8. The highest BCUT2D eigenvalue weighted by Crippen LogP contribution is 2.40. The van der Waals surface area contributed by atoms with Crippen LogP contribution < -0.4 is 10.5 Å². The molecule has 1 aromatic rings. The number of hydrogen-bond donors (Lipinski definition) is 2. The van der Waals surface area contributed by atoms with E-state index >= 15 is 0 Å². The molecule has 0 radical (unpaired) electrons. The van der Waals surface area contributed by atoms with Gasteiger partial charge >= 0.3 is 0 Å². The van der Waals surface area contributed by atoms with Crippen LogP contribution in [0.4, 0.5) is 5.69 Å². The van der Waals surface area contributed by atoms with Crippen molar-refractivity contribution in [3.05, 3.63) is 33.9 Å². The molecule has 1 aromatic carbocycles. The molecule has 9 heteroatoms. The average Bonchev–Trinajstić information content (AvgIpc) is 3.22. The minimum absolute atomic E-state index is 0. The fraction of sp³-hybridized carbons (Fsp3) is 0.538. The molecule has 124 valence electrons. The molecule has 22 heavy (non-hydrogen) atoms. The second-order valence-electron chi connectivity index (χ2n) is 5.71. The third-order valence-electron chi connectivity index (χ3n) is 3.94. The van der Waals surface area contributed by atoms with Gasteiger partial charge in [0.05, 0.1) is 9.82 Å². The Morgan fingerprint density at radius 3 is 2.50 bits per heavy atom. The van der Waals surface area contributed by atoms with Gasteiger partial charge in [0.2, 0.25) is 10.0 Å². The van der Waals surface area contributed by atoms with E-state index in [1.54, 1.807) is 13.8 Å². The molecule has 1 atom stereocenters. The number of benzene rings is 1. The second kappa shape index (κ2) is 6.49. The Balaban J connectivity index is 0.00000242. The monoisotopic (exact) mass is 349 g/mol. The maximum absolute atomic E-state index is 12.5. The molecule has 1 aliphatic carbocycles. The van der Waals surface area contributed by atoms with E-state index in [4.69, 9.17) is 5.73 Å². The van der Waals surface area contributed by atoms with Crippen molar-refractivity contribution in [1.82, 2.24) is 4.72 Å². The quantitative estimate of drug-likeness (QED) is 0.599. The SMILES string of the molecule is Cc1ccc([N+](=O)[O-])cc1S(=O)(=O)NC(C)(CN)C1CC1.Cl. The minimum atomic E-state index is -3.86. The van der Waals surface area contributed by atoms with Crippen LogP contribution in [0.5, 0.6) is 0 Å². The zero-order chi connectivity index (χ0) is 15.8. The number of aryl methyl sites for hydroxylation is 1. The van der Waals surface area contributed by atoms with Crippen molar-refractivity contribution in [2.45, 2.75) is 37.1 Å². The maximum atomic E-state index is 12.5. The van der Waals surface area contributed by atoms with E-state index in [0.717, 1.165) is 18.9 Å². The third kappa shape index (κ3) is 3.75. The fourth-order valence-electron chi connectivity index (χ4n) is 2.37. The molecule has 3 N–H and O–H groups in total. The third-order valence-corrected chi connectivity index (χ3v) is 5.70. The Kier molecular flexibility index (Phi) is 5.56. The van der Waals surface area contributed by atoms with Gasteiger partial charge in [-0.25, -0.2) is 13.1 Å². The van der Waals surface area contributed by atoms with Crippen LogP contribution in [0.15, 0.2) is 23.1 Å². The standard InChI is InChI=1S/C13H19N3O4S.ClH/c1-9-3-6-11(16(17)18)7-12(9)21(19,20)15-13(2,8-14)10-4-5-10;/h3,6-7,10,15H,4-5,8,14H2,1-2H3;1H. The summed E-state index contributed by atoms with van der Waals surface area (Å²) < 4.78 is 27.7. The van der Waals surface area contributed by atoms with E-state index in [9.17, 15) is 18.5 Å². The lowest BCUT2D eigenvalue weighted by molar-refractivity contribution is -0.385. The molecule has 0 spiro atoms. The lowest BCUT2D eigenvalue weighted by Crippen LogP contribution is -2.53. The normalized spacial score (nSPS) is 17.4. The number of halogens is 1. The molecule has 0 bridgehead atoms. The lowest BCUT2D eigenvalue weighted by atomic mass is 9.98. The summed E-state index contributed by atoms with van der Waals surface area (Å²) in [6.45, 7) is 3.56. The van der Waals surface area contributed by atoms with Crippen LogP contribution in [-0.2, 0) is 10.0 Å². The summed E-state index contributed by atoms with van der Waals surface area (Å²) in [7, 11) is -3.86. The first-order valence-electron chi connectivity index (χ1n) is 6.69. The van der Waals surface area contributed by atoms with Crippen LogP contribution in [0, 0.1) is 23.0 Å². The highest BCUT2D eigenvalue weighted by molar-refractivity contribution is 7.89. The van der Waals surface area contributed by atoms with Crippen LogP contribution in [0.1, 0.15) is 25.3 Å². The number of nitrogens with two attached hydrogens (primary N) is 1. The summed E-state index contributed by atoms with van der Waals surface area (Å²) in [5.41, 5.74) is 5.21. The largest absolute Gasteiger partial charge is 0.329 e. The van der Waals surface area contributed by atoms with E-state index < -0.39 is 20.5 Å². The zero-order valence-electron chi connectivity index (χ0n) is 12.4. The Bertz CT molecular complexity index is 676. The molecule has 1 fully saturated rings. The van der Waals surface area contributed by atoms with Gasteiger partial charge < -0.3 is 5.73 Å². The van der Waals surface area contributed by atoms with Crippen molar-refractivity contribution in [3.63, 3.8) is 0 Å². The first-order valence-corrected chi connectivity index (χ1v) is 8.17. The molecule has 0 amide bonds. The van der Waals surface area contributed by atoms with E-state index in [1.165, 1.54) is 12.1 Å². The summed E-state index contributed by atoms with van der Waals surface area (Å²) in [6.07, 6.45) is 1.87. The number of nitro groups is 1. The van der Waals surface area contributed by atoms with Crippen LogP contribution >= 0.6 is 12.4 Å². The van der Waals surface area contributed by atoms with Crippen LogP contribution in [0.3, 0.4) is 0 Å². The molecule has 0 aromatic heterocycles. The van der Waals surface area contributed by atoms with Gasteiger partial charge in [0.25, 0.3) is 5.69 Å². The molecule has 0 aliphatic heterocycles. The van der Waals surface area contributed by atoms with Gasteiger partial charge in [-0.3, -0.25) is 10.1 Å². The predicted octanol–water partition coefficient (Wildman–Crippen LogP) is 1.73. The molecule has 2 rings (SSSR count). The van der Waals surface area contributed by atoms with Crippen molar-refractivity contribution in [1.29, 1.82) is 0 Å². The van der Waals surface area contributed by atoms with E-state index in [0.29, 0.717) is 5.56 Å². The fourth-order valence-corrected chi connectivity index (χ4v) is 4.11. The Morgan fingerprint density at radius 2 is 2.05 bits per heavy atom. The second-order valence-corrected chi connectivity index (χ2v) is 7.36. The van der Waals surface area contributed by atoms with Crippen LogP contribution in [0.25, 0.3) is 0 Å². The number of nitrogens with one attached hydrogen (secondary N) is 1. The smallest absolute Gasteiger partial charge is 0.270 e. The molecule has 0 heterocycles. The number of non-ortho nitro benzene ring substituents is 1. The lowest BCUT2D eigenvalue weighted by Gasteiger charge is -2.29. The summed E-state index contributed by atoms with van der Waals surface area (Å²) in [6, 6.07) is 3.81. The van der Waals surface area contributed by atoms with Gasteiger partial charge in [0.1, 0.15) is 0 Å². The number of nitro benzene ring substituents is 1. The van der Waals surface area contributed by atoms with Gasteiger partial charge in [-0.15, -0.1) is 12.4 Å². The maximum Gasteiger partial charge on any atom is 0.270 e. The van der Waals surface area contributed by atoms with Crippen LogP contribution in [-0.4, -0.2) is 25.4 Å². The zero-order valence-corrected chi connectivity index (χ0v) is 14.0. The molecule has 7 nitrogen and oxygen atoms in total.